The number of hydrogen-bond acceptors (Lipinski definition) is 5. The highest BCUT2D eigenvalue weighted by Gasteiger charge is 2.15. The Morgan fingerprint density at radius 1 is 1.30 bits per heavy atom. The second kappa shape index (κ2) is 7.24. The van der Waals surface area contributed by atoms with Gasteiger partial charge in [0.05, 0.1) is 6.04 Å². The Morgan fingerprint density at radius 2 is 2.15 bits per heavy atom. The number of nitrogens with zero attached hydrogens (tertiary/aromatic N) is 2. The van der Waals surface area contributed by atoms with Gasteiger partial charge in [-0.1, -0.05) is 32.8 Å². The van der Waals surface area contributed by atoms with E-state index < -0.39 is 0 Å². The first kappa shape index (κ1) is 14.8. The maximum absolute atomic E-state index is 5.99. The van der Waals surface area contributed by atoms with Crippen LogP contribution in [-0.2, 0) is 6.42 Å². The van der Waals surface area contributed by atoms with Gasteiger partial charge in [0.15, 0.2) is 0 Å². The number of rotatable bonds is 7. The number of anilines is 2. The zero-order valence-electron chi connectivity index (χ0n) is 12.1. The van der Waals surface area contributed by atoms with Crippen LogP contribution in [0.5, 0.6) is 0 Å². The van der Waals surface area contributed by atoms with E-state index in [-0.39, 0.29) is 0 Å². The number of thiophene rings is 1. The molecular weight excluding hydrogens is 268 g/mol. The highest BCUT2D eigenvalue weighted by molar-refractivity contribution is 7.10. The Balaban J connectivity index is 2.24. The van der Waals surface area contributed by atoms with Crippen LogP contribution in [0.3, 0.4) is 0 Å². The standard InChI is InChI=1S/C15H22N4S/c1-3-6-11-14(16)17-10-18-15(11)19-12(7-4-2)13-8-5-9-20-13/h5,8-10,12H,3-4,6-7H2,1-2H3,(H3,16,17,18,19). The van der Waals surface area contributed by atoms with E-state index in [0.29, 0.717) is 11.9 Å². The molecule has 0 aliphatic heterocycles. The molecule has 0 aliphatic rings. The number of aromatic nitrogens is 2. The van der Waals surface area contributed by atoms with E-state index in [4.69, 9.17) is 5.73 Å². The number of nitrogens with one attached hydrogen (secondary N) is 1. The summed E-state index contributed by atoms with van der Waals surface area (Å²) in [7, 11) is 0. The fourth-order valence-electron chi connectivity index (χ4n) is 2.28. The molecule has 108 valence electrons. The van der Waals surface area contributed by atoms with Crippen LogP contribution in [0.25, 0.3) is 0 Å². The van der Waals surface area contributed by atoms with Gasteiger partial charge in [-0.2, -0.15) is 0 Å². The van der Waals surface area contributed by atoms with Crippen LogP contribution >= 0.6 is 11.3 Å². The fraction of sp³-hybridized carbons (Fsp3) is 0.467. The van der Waals surface area contributed by atoms with Gasteiger partial charge < -0.3 is 11.1 Å². The summed E-state index contributed by atoms with van der Waals surface area (Å²) in [6.07, 6.45) is 5.67. The number of hydrogen-bond donors (Lipinski definition) is 2. The lowest BCUT2D eigenvalue weighted by Gasteiger charge is -2.20. The molecule has 4 nitrogen and oxygen atoms in total. The smallest absolute Gasteiger partial charge is 0.135 e. The molecule has 2 aromatic rings. The molecule has 0 aromatic carbocycles. The van der Waals surface area contributed by atoms with E-state index in [1.165, 1.54) is 11.2 Å². The predicted octanol–water partition coefficient (Wildman–Crippen LogP) is 4.03. The summed E-state index contributed by atoms with van der Waals surface area (Å²) in [5.74, 6) is 1.47. The first-order chi connectivity index (χ1) is 9.76. The van der Waals surface area contributed by atoms with E-state index in [9.17, 15) is 0 Å². The van der Waals surface area contributed by atoms with Gasteiger partial charge in [-0.25, -0.2) is 9.97 Å². The largest absolute Gasteiger partial charge is 0.383 e. The maximum Gasteiger partial charge on any atom is 0.135 e. The first-order valence-corrected chi connectivity index (χ1v) is 8.03. The molecule has 1 atom stereocenters. The molecule has 0 radical (unpaired) electrons. The third-order valence-electron chi connectivity index (χ3n) is 3.25. The van der Waals surface area contributed by atoms with Gasteiger partial charge >= 0.3 is 0 Å². The lowest BCUT2D eigenvalue weighted by Crippen LogP contribution is -2.13. The minimum absolute atomic E-state index is 0.296. The Morgan fingerprint density at radius 3 is 2.80 bits per heavy atom. The molecule has 0 amide bonds. The highest BCUT2D eigenvalue weighted by atomic mass is 32.1. The van der Waals surface area contributed by atoms with Crippen molar-refractivity contribution in [1.29, 1.82) is 0 Å². The molecule has 0 saturated heterocycles. The van der Waals surface area contributed by atoms with E-state index in [0.717, 1.165) is 37.1 Å². The van der Waals surface area contributed by atoms with Crippen molar-refractivity contribution in [3.05, 3.63) is 34.3 Å². The van der Waals surface area contributed by atoms with Crippen LogP contribution in [0.15, 0.2) is 23.8 Å². The van der Waals surface area contributed by atoms with Gasteiger partial charge in [0.25, 0.3) is 0 Å². The Kier molecular flexibility index (Phi) is 5.35. The van der Waals surface area contributed by atoms with Gasteiger partial charge in [-0.3, -0.25) is 0 Å². The van der Waals surface area contributed by atoms with Crippen LogP contribution in [0, 0.1) is 0 Å². The fourth-order valence-corrected chi connectivity index (χ4v) is 3.09. The molecule has 1 unspecified atom stereocenters. The van der Waals surface area contributed by atoms with Crippen molar-refractivity contribution in [2.75, 3.05) is 11.1 Å². The summed E-state index contributed by atoms with van der Waals surface area (Å²) in [6, 6.07) is 4.55. The van der Waals surface area contributed by atoms with E-state index in [1.807, 2.05) is 0 Å². The molecule has 0 fully saturated rings. The Bertz CT molecular complexity index is 525. The van der Waals surface area contributed by atoms with Crippen LogP contribution in [0.1, 0.15) is 49.6 Å². The molecule has 2 heterocycles. The van der Waals surface area contributed by atoms with Crippen LogP contribution in [0.4, 0.5) is 11.6 Å². The summed E-state index contributed by atoms with van der Waals surface area (Å²) in [5, 5.41) is 5.67. The second-order valence-corrected chi connectivity index (χ2v) is 5.82. The van der Waals surface area contributed by atoms with Crippen molar-refractivity contribution >= 4 is 23.0 Å². The molecule has 0 saturated carbocycles. The van der Waals surface area contributed by atoms with Crippen molar-refractivity contribution < 1.29 is 0 Å². The summed E-state index contributed by atoms with van der Waals surface area (Å²) in [5.41, 5.74) is 7.02. The predicted molar refractivity (Wildman–Crippen MR) is 86.0 cm³/mol. The summed E-state index contributed by atoms with van der Waals surface area (Å²) in [4.78, 5) is 9.84. The third kappa shape index (κ3) is 3.48. The van der Waals surface area contributed by atoms with Gasteiger partial charge in [0.2, 0.25) is 0 Å². The van der Waals surface area contributed by atoms with Gasteiger partial charge in [-0.15, -0.1) is 11.3 Å². The van der Waals surface area contributed by atoms with Gasteiger partial charge in [-0.05, 0) is 24.3 Å². The minimum atomic E-state index is 0.296. The van der Waals surface area contributed by atoms with Crippen LogP contribution in [-0.4, -0.2) is 9.97 Å². The molecular formula is C15H22N4S. The highest BCUT2D eigenvalue weighted by Crippen LogP contribution is 2.29. The molecule has 2 rings (SSSR count). The third-order valence-corrected chi connectivity index (χ3v) is 4.24. The molecule has 2 aromatic heterocycles. The zero-order valence-corrected chi connectivity index (χ0v) is 12.9. The average molecular weight is 290 g/mol. The SMILES string of the molecule is CCCc1c(N)ncnc1NC(CCC)c1cccs1. The normalized spacial score (nSPS) is 12.3. The van der Waals surface area contributed by atoms with Gasteiger partial charge in [0, 0.05) is 10.4 Å². The molecule has 0 bridgehead atoms. The summed E-state index contributed by atoms with van der Waals surface area (Å²) < 4.78 is 0. The maximum atomic E-state index is 5.99. The van der Waals surface area contributed by atoms with Crippen molar-refractivity contribution in [3.8, 4) is 0 Å². The second-order valence-electron chi connectivity index (χ2n) is 4.84. The number of nitrogen functional groups attached to an aromatic ring is 1. The average Bonchev–Trinajstić information content (AvgIpc) is 2.96. The van der Waals surface area contributed by atoms with Crippen molar-refractivity contribution in [1.82, 2.24) is 9.97 Å². The molecule has 3 N–H and O–H groups in total. The molecule has 0 spiro atoms. The minimum Gasteiger partial charge on any atom is -0.383 e. The summed E-state index contributed by atoms with van der Waals surface area (Å²) >= 11 is 1.78. The lowest BCUT2D eigenvalue weighted by atomic mass is 10.1. The van der Waals surface area contributed by atoms with Crippen molar-refractivity contribution in [3.63, 3.8) is 0 Å². The quantitative estimate of drug-likeness (QED) is 0.808. The lowest BCUT2D eigenvalue weighted by molar-refractivity contribution is 0.682. The first-order valence-electron chi connectivity index (χ1n) is 7.15. The molecule has 5 heteroatoms. The van der Waals surface area contributed by atoms with E-state index >= 15 is 0 Å². The van der Waals surface area contributed by atoms with E-state index in [1.54, 1.807) is 11.3 Å². The van der Waals surface area contributed by atoms with Crippen molar-refractivity contribution in [2.24, 2.45) is 0 Å². The van der Waals surface area contributed by atoms with Crippen molar-refractivity contribution in [2.45, 2.75) is 45.6 Å². The molecule has 20 heavy (non-hydrogen) atoms. The zero-order chi connectivity index (χ0) is 14.4. The number of nitrogens with two attached hydrogens (primary N) is 1. The Labute approximate surface area is 124 Å². The van der Waals surface area contributed by atoms with Crippen LogP contribution < -0.4 is 11.1 Å². The van der Waals surface area contributed by atoms with E-state index in [2.05, 4.69) is 46.6 Å². The Hall–Kier alpha value is -1.62. The van der Waals surface area contributed by atoms with Crippen LogP contribution in [0.2, 0.25) is 0 Å². The molecule has 0 aliphatic carbocycles. The summed E-state index contributed by atoms with van der Waals surface area (Å²) in [6.45, 7) is 4.34. The monoisotopic (exact) mass is 290 g/mol. The topological polar surface area (TPSA) is 63.8 Å². The van der Waals surface area contributed by atoms with Gasteiger partial charge in [0.1, 0.15) is 18.0 Å².